The van der Waals surface area contributed by atoms with Gasteiger partial charge in [-0.05, 0) is 36.8 Å². The molecule has 126 valence electrons. The van der Waals surface area contributed by atoms with E-state index in [9.17, 15) is 4.79 Å². The van der Waals surface area contributed by atoms with Crippen LogP contribution in [0.1, 0.15) is 29.6 Å². The van der Waals surface area contributed by atoms with E-state index in [0.717, 1.165) is 50.2 Å². The van der Waals surface area contributed by atoms with Gasteiger partial charge in [0.05, 0.1) is 0 Å². The summed E-state index contributed by atoms with van der Waals surface area (Å²) in [7, 11) is 0. The molecule has 2 aliphatic heterocycles. The lowest BCUT2D eigenvalue weighted by atomic mass is 9.99. The van der Waals surface area contributed by atoms with Crippen LogP contribution in [0.3, 0.4) is 0 Å². The van der Waals surface area contributed by atoms with Crippen LogP contribution in [0.4, 0.5) is 5.69 Å². The number of hydrogen-bond acceptors (Lipinski definition) is 3. The Balaban J connectivity index is 1.73. The molecule has 2 aromatic carbocycles. The Kier molecular flexibility index (Phi) is 4.39. The fraction of sp³-hybridized carbons (Fsp3) is 0.450. The molecule has 0 aromatic heterocycles. The number of nitrogens with zero attached hydrogens (tertiary/aromatic N) is 2. The summed E-state index contributed by atoms with van der Waals surface area (Å²) in [6.07, 6.45) is 3.85. The molecule has 4 heteroatoms. The van der Waals surface area contributed by atoms with Gasteiger partial charge in [-0.15, -0.1) is 0 Å². The number of anilines is 1. The summed E-state index contributed by atoms with van der Waals surface area (Å²) in [5.41, 5.74) is 2.12. The summed E-state index contributed by atoms with van der Waals surface area (Å²) in [4.78, 5) is 17.4. The largest absolute Gasteiger partial charge is 0.371 e. The Hall–Kier alpha value is -2.07. The molecule has 0 unspecified atom stereocenters. The third-order valence-corrected chi connectivity index (χ3v) is 5.23. The van der Waals surface area contributed by atoms with E-state index >= 15 is 0 Å². The zero-order chi connectivity index (χ0) is 16.4. The number of rotatable bonds is 2. The molecule has 1 N–H and O–H groups in total. The highest BCUT2D eigenvalue weighted by atomic mass is 16.2. The van der Waals surface area contributed by atoms with Gasteiger partial charge in [0.2, 0.25) is 0 Å². The molecule has 0 aliphatic carbocycles. The van der Waals surface area contributed by atoms with Crippen molar-refractivity contribution in [1.82, 2.24) is 10.2 Å². The predicted octanol–water partition coefficient (Wildman–Crippen LogP) is 2.88. The van der Waals surface area contributed by atoms with Gasteiger partial charge in [-0.3, -0.25) is 4.79 Å². The topological polar surface area (TPSA) is 35.6 Å². The number of hydrogen-bond donors (Lipinski definition) is 1. The molecule has 4 rings (SSSR count). The average Bonchev–Trinajstić information content (AvgIpc) is 2.68. The molecule has 4 nitrogen and oxygen atoms in total. The summed E-state index contributed by atoms with van der Waals surface area (Å²) in [6, 6.07) is 12.6. The summed E-state index contributed by atoms with van der Waals surface area (Å²) in [6.45, 7) is 5.59. The van der Waals surface area contributed by atoms with Gasteiger partial charge >= 0.3 is 0 Å². The van der Waals surface area contributed by atoms with E-state index in [-0.39, 0.29) is 5.91 Å². The fourth-order valence-electron chi connectivity index (χ4n) is 3.92. The van der Waals surface area contributed by atoms with Crippen molar-refractivity contribution in [1.29, 1.82) is 0 Å². The molecule has 2 saturated heterocycles. The highest BCUT2D eigenvalue weighted by molar-refractivity contribution is 6.10. The molecule has 1 amide bonds. The normalized spacial score (nSPS) is 18.8. The minimum absolute atomic E-state index is 0.165. The molecule has 2 heterocycles. The van der Waals surface area contributed by atoms with E-state index in [4.69, 9.17) is 0 Å². The number of fused-ring (bicyclic) bond motifs is 1. The van der Waals surface area contributed by atoms with Crippen LogP contribution in [-0.4, -0.2) is 50.1 Å². The first-order valence-electron chi connectivity index (χ1n) is 9.11. The van der Waals surface area contributed by atoms with Gasteiger partial charge in [-0.25, -0.2) is 0 Å². The van der Waals surface area contributed by atoms with Gasteiger partial charge in [-0.1, -0.05) is 24.3 Å². The first-order chi connectivity index (χ1) is 11.8. The lowest BCUT2D eigenvalue weighted by Crippen LogP contribution is -2.46. The van der Waals surface area contributed by atoms with Crippen LogP contribution in [-0.2, 0) is 0 Å². The standard InChI is InChI=1S/C20H25N3O/c24-20(23-14-10-21-11-15-23)18-8-9-19(22-12-4-1-5-13-22)17-7-3-2-6-16(17)18/h2-3,6-9,21H,1,4-5,10-15H2. The highest BCUT2D eigenvalue weighted by Crippen LogP contribution is 2.32. The molecular formula is C20H25N3O. The number of benzene rings is 2. The monoisotopic (exact) mass is 323 g/mol. The van der Waals surface area contributed by atoms with Crippen LogP contribution in [0, 0.1) is 0 Å². The van der Waals surface area contributed by atoms with E-state index in [1.807, 2.05) is 17.0 Å². The van der Waals surface area contributed by atoms with E-state index in [2.05, 4.69) is 34.5 Å². The molecule has 0 radical (unpaired) electrons. The van der Waals surface area contributed by atoms with E-state index in [1.54, 1.807) is 0 Å². The molecule has 0 saturated carbocycles. The number of piperazine rings is 1. The maximum atomic E-state index is 13.0. The van der Waals surface area contributed by atoms with Crippen molar-refractivity contribution in [3.8, 4) is 0 Å². The van der Waals surface area contributed by atoms with Crippen LogP contribution in [0.5, 0.6) is 0 Å². The molecule has 0 spiro atoms. The summed E-state index contributed by atoms with van der Waals surface area (Å²) < 4.78 is 0. The lowest BCUT2D eigenvalue weighted by molar-refractivity contribution is 0.0738. The molecule has 0 bridgehead atoms. The lowest BCUT2D eigenvalue weighted by Gasteiger charge is -2.31. The number of carbonyl (C=O) groups excluding carboxylic acids is 1. The summed E-state index contributed by atoms with van der Waals surface area (Å²) in [5.74, 6) is 0.165. The zero-order valence-electron chi connectivity index (χ0n) is 14.1. The average molecular weight is 323 g/mol. The molecule has 2 fully saturated rings. The number of piperidine rings is 1. The Morgan fingerprint density at radius 1 is 0.833 bits per heavy atom. The smallest absolute Gasteiger partial charge is 0.254 e. The van der Waals surface area contributed by atoms with Gasteiger partial charge in [0, 0.05) is 55.9 Å². The summed E-state index contributed by atoms with van der Waals surface area (Å²) >= 11 is 0. The van der Waals surface area contributed by atoms with Crippen molar-refractivity contribution in [3.05, 3.63) is 42.0 Å². The van der Waals surface area contributed by atoms with E-state index in [1.165, 1.54) is 30.3 Å². The van der Waals surface area contributed by atoms with Gasteiger partial charge in [0.15, 0.2) is 0 Å². The molecule has 24 heavy (non-hydrogen) atoms. The highest BCUT2D eigenvalue weighted by Gasteiger charge is 2.22. The second kappa shape index (κ2) is 6.81. The second-order valence-corrected chi connectivity index (χ2v) is 6.77. The minimum atomic E-state index is 0.165. The van der Waals surface area contributed by atoms with Gasteiger partial charge in [0.25, 0.3) is 5.91 Å². The van der Waals surface area contributed by atoms with Crippen LogP contribution >= 0.6 is 0 Å². The van der Waals surface area contributed by atoms with Crippen molar-refractivity contribution in [3.63, 3.8) is 0 Å². The minimum Gasteiger partial charge on any atom is -0.371 e. The molecular weight excluding hydrogens is 298 g/mol. The molecule has 2 aliphatic rings. The van der Waals surface area contributed by atoms with Crippen LogP contribution < -0.4 is 10.2 Å². The number of nitrogens with one attached hydrogen (secondary N) is 1. The zero-order valence-corrected chi connectivity index (χ0v) is 14.1. The van der Waals surface area contributed by atoms with Gasteiger partial charge in [0.1, 0.15) is 0 Å². The van der Waals surface area contributed by atoms with Crippen molar-refractivity contribution in [2.45, 2.75) is 19.3 Å². The van der Waals surface area contributed by atoms with Crippen molar-refractivity contribution < 1.29 is 4.79 Å². The Labute approximate surface area is 143 Å². The number of amides is 1. The van der Waals surface area contributed by atoms with Crippen LogP contribution in [0.25, 0.3) is 10.8 Å². The maximum absolute atomic E-state index is 13.0. The Bertz CT molecular complexity index is 731. The third-order valence-electron chi connectivity index (χ3n) is 5.23. The SMILES string of the molecule is O=C(c1ccc(N2CCCCC2)c2ccccc12)N1CCNCC1. The van der Waals surface area contributed by atoms with Gasteiger partial charge in [-0.2, -0.15) is 0 Å². The van der Waals surface area contributed by atoms with Crippen molar-refractivity contribution >= 4 is 22.4 Å². The van der Waals surface area contributed by atoms with Crippen LogP contribution in [0.15, 0.2) is 36.4 Å². The maximum Gasteiger partial charge on any atom is 0.254 e. The van der Waals surface area contributed by atoms with Crippen molar-refractivity contribution in [2.24, 2.45) is 0 Å². The first kappa shape index (κ1) is 15.5. The first-order valence-corrected chi connectivity index (χ1v) is 9.11. The fourth-order valence-corrected chi connectivity index (χ4v) is 3.92. The van der Waals surface area contributed by atoms with E-state index in [0.29, 0.717) is 0 Å². The van der Waals surface area contributed by atoms with Crippen molar-refractivity contribution in [2.75, 3.05) is 44.2 Å². The molecule has 0 atom stereocenters. The second-order valence-electron chi connectivity index (χ2n) is 6.77. The van der Waals surface area contributed by atoms with Gasteiger partial charge < -0.3 is 15.1 Å². The predicted molar refractivity (Wildman–Crippen MR) is 98.8 cm³/mol. The van der Waals surface area contributed by atoms with E-state index < -0.39 is 0 Å². The van der Waals surface area contributed by atoms with Crippen LogP contribution in [0.2, 0.25) is 0 Å². The number of carbonyl (C=O) groups is 1. The Morgan fingerprint density at radius 3 is 2.29 bits per heavy atom. The quantitative estimate of drug-likeness (QED) is 0.923. The molecule has 2 aromatic rings. The Morgan fingerprint density at radius 2 is 1.54 bits per heavy atom. The summed E-state index contributed by atoms with van der Waals surface area (Å²) in [5, 5.41) is 5.61. The third kappa shape index (κ3) is 2.86.